The maximum atomic E-state index is 14.4. The molecule has 0 unspecified atom stereocenters. The van der Waals surface area contributed by atoms with Crippen LogP contribution >= 0.6 is 0 Å². The van der Waals surface area contributed by atoms with Crippen molar-refractivity contribution in [1.82, 2.24) is 19.6 Å². The summed E-state index contributed by atoms with van der Waals surface area (Å²) >= 11 is 0. The summed E-state index contributed by atoms with van der Waals surface area (Å²) in [7, 11) is 0. The van der Waals surface area contributed by atoms with Crippen LogP contribution in [0.1, 0.15) is 11.1 Å². The number of benzene rings is 2. The summed E-state index contributed by atoms with van der Waals surface area (Å²) < 4.78 is 57.9. The highest BCUT2D eigenvalue weighted by atomic mass is 19.2. The van der Waals surface area contributed by atoms with Gasteiger partial charge in [0, 0.05) is 29.8 Å². The molecule has 5 nitrogen and oxygen atoms in total. The molecule has 2 aliphatic rings. The Labute approximate surface area is 160 Å². The van der Waals surface area contributed by atoms with Gasteiger partial charge < -0.3 is 0 Å². The van der Waals surface area contributed by atoms with Crippen molar-refractivity contribution in [3.63, 3.8) is 0 Å². The molecule has 2 bridgehead atoms. The van der Waals surface area contributed by atoms with Crippen LogP contribution in [0.5, 0.6) is 0 Å². The zero-order valence-corrected chi connectivity index (χ0v) is 14.5. The number of aromatic nitrogens is 4. The van der Waals surface area contributed by atoms with E-state index in [1.165, 1.54) is 41.2 Å². The second-order valence-corrected chi connectivity index (χ2v) is 6.50. The smallest absolute Gasteiger partial charge is 0.209 e. The minimum Gasteiger partial charge on any atom is -0.287 e. The summed E-state index contributed by atoms with van der Waals surface area (Å²) in [4.78, 5) is 12.4. The summed E-state index contributed by atoms with van der Waals surface area (Å²) in [6, 6.07) is 8.03. The fourth-order valence-corrected chi connectivity index (χ4v) is 3.36. The Balaban J connectivity index is 1.69. The molecule has 0 fully saturated rings. The number of hydrogen-bond donors (Lipinski definition) is 0. The Morgan fingerprint density at radius 3 is 2.34 bits per heavy atom. The van der Waals surface area contributed by atoms with Gasteiger partial charge in [-0.3, -0.25) is 4.79 Å². The lowest BCUT2D eigenvalue weighted by Crippen LogP contribution is -2.23. The Hall–Kier alpha value is -3.75. The highest BCUT2D eigenvalue weighted by Gasteiger charge is 2.34. The van der Waals surface area contributed by atoms with Crippen LogP contribution in [0.15, 0.2) is 53.6 Å². The molecule has 0 saturated heterocycles. The normalized spacial score (nSPS) is 12.1. The zero-order chi connectivity index (χ0) is 20.3. The van der Waals surface area contributed by atoms with Gasteiger partial charge in [-0.15, -0.1) is 0 Å². The van der Waals surface area contributed by atoms with Crippen molar-refractivity contribution < 1.29 is 17.6 Å². The van der Waals surface area contributed by atoms with E-state index < -0.39 is 28.7 Å². The average Bonchev–Trinajstić information content (AvgIpc) is 3.19. The summed E-state index contributed by atoms with van der Waals surface area (Å²) in [5, 5.41) is 8.24. The molecule has 2 aliphatic carbocycles. The second kappa shape index (κ2) is 6.13. The van der Waals surface area contributed by atoms with Crippen molar-refractivity contribution >= 4 is 0 Å². The fourth-order valence-electron chi connectivity index (χ4n) is 3.36. The molecule has 0 spiro atoms. The van der Waals surface area contributed by atoms with E-state index in [1.807, 2.05) is 0 Å². The van der Waals surface area contributed by atoms with Gasteiger partial charge >= 0.3 is 0 Å². The molecule has 2 heterocycles. The second-order valence-electron chi connectivity index (χ2n) is 6.50. The molecule has 0 atom stereocenters. The quantitative estimate of drug-likeness (QED) is 0.345. The van der Waals surface area contributed by atoms with Gasteiger partial charge in [0.2, 0.25) is 5.43 Å². The molecule has 0 saturated carbocycles. The lowest BCUT2D eigenvalue weighted by atomic mass is 9.88. The molecule has 0 amide bonds. The minimum atomic E-state index is -1.26. The molecule has 0 aliphatic heterocycles. The molecular formula is C20H10F4N4O. The van der Waals surface area contributed by atoms with E-state index >= 15 is 0 Å². The van der Waals surface area contributed by atoms with Crippen LogP contribution < -0.4 is 5.43 Å². The topological polar surface area (TPSA) is 52.7 Å². The number of halogens is 4. The van der Waals surface area contributed by atoms with Crippen LogP contribution in [0.25, 0.3) is 22.8 Å². The van der Waals surface area contributed by atoms with E-state index in [-0.39, 0.29) is 34.6 Å². The number of fused-ring (bicyclic) bond motifs is 2. The molecule has 9 heteroatoms. The number of rotatable bonds is 3. The van der Waals surface area contributed by atoms with Gasteiger partial charge in [0.25, 0.3) is 0 Å². The predicted octanol–water partition coefficient (Wildman–Crippen LogP) is 3.55. The van der Waals surface area contributed by atoms with Crippen LogP contribution in [0, 0.1) is 23.3 Å². The van der Waals surface area contributed by atoms with Gasteiger partial charge in [0.1, 0.15) is 17.3 Å². The number of nitrogens with zero attached hydrogens (tertiary/aromatic N) is 4. The van der Waals surface area contributed by atoms with E-state index in [1.54, 1.807) is 0 Å². The Morgan fingerprint density at radius 1 is 0.862 bits per heavy atom. The van der Waals surface area contributed by atoms with Crippen molar-refractivity contribution in [3.8, 4) is 22.8 Å². The molecule has 0 radical (unpaired) electrons. The van der Waals surface area contributed by atoms with Crippen molar-refractivity contribution in [2.75, 3.05) is 0 Å². The van der Waals surface area contributed by atoms with E-state index in [9.17, 15) is 22.4 Å². The van der Waals surface area contributed by atoms with Gasteiger partial charge in [-0.25, -0.2) is 26.9 Å². The van der Waals surface area contributed by atoms with Gasteiger partial charge in [-0.2, -0.15) is 10.2 Å². The Morgan fingerprint density at radius 2 is 1.62 bits per heavy atom. The largest absolute Gasteiger partial charge is 0.287 e. The van der Waals surface area contributed by atoms with Crippen molar-refractivity contribution in [3.05, 3.63) is 93.4 Å². The van der Waals surface area contributed by atoms with Gasteiger partial charge in [-0.1, -0.05) is 0 Å². The lowest BCUT2D eigenvalue weighted by molar-refractivity contribution is 0.451. The van der Waals surface area contributed by atoms with Crippen molar-refractivity contribution in [1.29, 1.82) is 0 Å². The van der Waals surface area contributed by atoms with Crippen LogP contribution in [0.3, 0.4) is 0 Å². The predicted molar refractivity (Wildman–Crippen MR) is 95.0 cm³/mol. The van der Waals surface area contributed by atoms with Crippen LogP contribution in [-0.2, 0) is 6.42 Å². The first-order valence-corrected chi connectivity index (χ1v) is 8.54. The van der Waals surface area contributed by atoms with E-state index in [2.05, 4.69) is 10.2 Å². The first-order chi connectivity index (χ1) is 14.0. The minimum absolute atomic E-state index is 0.00644. The highest BCUT2D eigenvalue weighted by Crippen LogP contribution is 2.37. The van der Waals surface area contributed by atoms with Crippen LogP contribution in [0.4, 0.5) is 17.6 Å². The summed E-state index contributed by atoms with van der Waals surface area (Å²) in [6.07, 6.45) is 2.52. The Bertz CT molecular complexity index is 1340. The monoisotopic (exact) mass is 398 g/mol. The molecule has 2 aromatic heterocycles. The lowest BCUT2D eigenvalue weighted by Gasteiger charge is -2.24. The average molecular weight is 398 g/mol. The van der Waals surface area contributed by atoms with Crippen LogP contribution in [-0.4, -0.2) is 19.6 Å². The van der Waals surface area contributed by atoms with Crippen molar-refractivity contribution in [2.45, 2.75) is 6.42 Å². The summed E-state index contributed by atoms with van der Waals surface area (Å²) in [5.74, 6) is -3.73. The standard InChI is InChI=1S/C20H10F4N4O/c21-10-1-3-11(4-2-10)28-14(5-7-25-28)19-15(29)6-8-27(26-19)20-13-9-12(16(13)22)17(23)18(20)24/h1-8H,9H2. The molecule has 0 N–H and O–H groups in total. The van der Waals surface area contributed by atoms with Gasteiger partial charge in [0.15, 0.2) is 17.3 Å². The fraction of sp³-hybridized carbons (Fsp3) is 0.0500. The maximum absolute atomic E-state index is 14.4. The third kappa shape index (κ3) is 2.50. The van der Waals surface area contributed by atoms with E-state index in [0.717, 1.165) is 16.9 Å². The molecule has 4 aromatic rings. The van der Waals surface area contributed by atoms with Crippen LogP contribution in [0.2, 0.25) is 0 Å². The van der Waals surface area contributed by atoms with E-state index in [4.69, 9.17) is 0 Å². The zero-order valence-electron chi connectivity index (χ0n) is 14.5. The molecule has 144 valence electrons. The third-order valence-electron chi connectivity index (χ3n) is 4.83. The third-order valence-corrected chi connectivity index (χ3v) is 4.83. The van der Waals surface area contributed by atoms with Gasteiger partial charge in [0.05, 0.1) is 17.6 Å². The SMILES string of the molecule is O=c1ccn(-c2c(F)c(F)c3c(F)c2C3)nc1-c1ccnn1-c1ccc(F)cc1. The molecular weight excluding hydrogens is 388 g/mol. The number of hydrogen-bond acceptors (Lipinski definition) is 3. The molecule has 29 heavy (non-hydrogen) atoms. The first-order valence-electron chi connectivity index (χ1n) is 8.54. The molecule has 6 rings (SSSR count). The highest BCUT2D eigenvalue weighted by molar-refractivity contribution is 5.59. The summed E-state index contributed by atoms with van der Waals surface area (Å²) in [6.45, 7) is 0. The molecule has 2 aromatic carbocycles. The Kier molecular flexibility index (Phi) is 3.67. The van der Waals surface area contributed by atoms with E-state index in [0.29, 0.717) is 5.69 Å². The first kappa shape index (κ1) is 17.4. The summed E-state index contributed by atoms with van der Waals surface area (Å²) in [5.41, 5.74) is -0.550. The van der Waals surface area contributed by atoms with Crippen molar-refractivity contribution in [2.24, 2.45) is 0 Å². The van der Waals surface area contributed by atoms with Gasteiger partial charge in [-0.05, 0) is 30.3 Å². The maximum Gasteiger partial charge on any atom is 0.209 e.